The second-order valence-corrected chi connectivity index (χ2v) is 7.74. The summed E-state index contributed by atoms with van der Waals surface area (Å²) in [6.07, 6.45) is 0. The number of aliphatic hydroxyl groups is 1. The van der Waals surface area contributed by atoms with Gasteiger partial charge in [0.1, 0.15) is 17.4 Å². The number of aromatic hydroxyl groups is 1. The number of phenols is 1. The summed E-state index contributed by atoms with van der Waals surface area (Å²) in [6.45, 7) is 4.98. The third-order valence-corrected chi connectivity index (χ3v) is 5.25. The van der Waals surface area contributed by atoms with Gasteiger partial charge >= 0.3 is 0 Å². The normalized spacial score (nSPS) is 19.9. The van der Waals surface area contributed by atoms with Crippen LogP contribution in [-0.4, -0.2) is 44.9 Å². The molecule has 1 fully saturated rings. The number of aromatic nitrogens is 2. The summed E-state index contributed by atoms with van der Waals surface area (Å²) in [7, 11) is 0. The minimum absolute atomic E-state index is 0.00718. The summed E-state index contributed by atoms with van der Waals surface area (Å²) in [4.78, 5) is 9.10. The quantitative estimate of drug-likeness (QED) is 0.555. The molecule has 0 saturated carbocycles. The Labute approximate surface area is 162 Å². The van der Waals surface area contributed by atoms with Crippen molar-refractivity contribution in [1.82, 2.24) is 15.3 Å². The van der Waals surface area contributed by atoms with Gasteiger partial charge in [-0.15, -0.1) is 0 Å². The van der Waals surface area contributed by atoms with E-state index in [0.29, 0.717) is 24.4 Å². The van der Waals surface area contributed by atoms with Crippen LogP contribution in [0.15, 0.2) is 42.5 Å². The van der Waals surface area contributed by atoms with Crippen LogP contribution in [0.25, 0.3) is 22.3 Å². The molecule has 7 heteroatoms. The van der Waals surface area contributed by atoms with E-state index in [0.717, 1.165) is 5.39 Å². The van der Waals surface area contributed by atoms with Crippen molar-refractivity contribution in [2.24, 2.45) is 5.92 Å². The summed E-state index contributed by atoms with van der Waals surface area (Å²) in [5.41, 5.74) is 0.0648. The first-order valence-corrected chi connectivity index (χ1v) is 9.28. The Hall–Kier alpha value is -2.77. The van der Waals surface area contributed by atoms with Gasteiger partial charge in [-0.2, -0.15) is 0 Å². The topological polar surface area (TPSA) is 90.3 Å². The van der Waals surface area contributed by atoms with Crippen LogP contribution in [0.1, 0.15) is 13.8 Å². The first-order valence-electron chi connectivity index (χ1n) is 9.28. The first kappa shape index (κ1) is 18.6. The van der Waals surface area contributed by atoms with Crippen LogP contribution in [-0.2, 0) is 0 Å². The predicted molar refractivity (Wildman–Crippen MR) is 107 cm³/mol. The molecule has 0 unspecified atom stereocenters. The van der Waals surface area contributed by atoms with E-state index >= 15 is 0 Å². The lowest BCUT2D eigenvalue weighted by molar-refractivity contribution is 0.0219. The third kappa shape index (κ3) is 3.50. The molecule has 1 aromatic heterocycles. The van der Waals surface area contributed by atoms with E-state index < -0.39 is 11.4 Å². The highest BCUT2D eigenvalue weighted by Gasteiger charge is 2.38. The molecule has 0 amide bonds. The largest absolute Gasteiger partial charge is 0.507 e. The monoisotopic (exact) mass is 382 g/mol. The molecule has 1 saturated heterocycles. The Kier molecular flexibility index (Phi) is 4.64. The zero-order valence-electron chi connectivity index (χ0n) is 15.8. The molecule has 2 atom stereocenters. The number of nitrogens with zero attached hydrogens (tertiary/aromatic N) is 2. The van der Waals surface area contributed by atoms with Gasteiger partial charge in [0.15, 0.2) is 5.82 Å². The Balaban J connectivity index is 1.80. The van der Waals surface area contributed by atoms with Crippen LogP contribution < -0.4 is 10.6 Å². The van der Waals surface area contributed by atoms with Crippen molar-refractivity contribution < 1.29 is 14.6 Å². The second-order valence-electron chi connectivity index (χ2n) is 7.74. The fourth-order valence-electron chi connectivity index (χ4n) is 3.74. The van der Waals surface area contributed by atoms with Gasteiger partial charge < -0.3 is 20.8 Å². The molecule has 3 aromatic rings. The van der Waals surface area contributed by atoms with Crippen LogP contribution in [0, 0.1) is 11.7 Å². The Bertz CT molecular complexity index is 1020. The molecule has 28 heavy (non-hydrogen) atoms. The minimum Gasteiger partial charge on any atom is -0.507 e. The van der Waals surface area contributed by atoms with Gasteiger partial charge in [0.05, 0.1) is 16.7 Å². The second kappa shape index (κ2) is 7.00. The van der Waals surface area contributed by atoms with Crippen LogP contribution in [0.4, 0.5) is 10.2 Å². The van der Waals surface area contributed by atoms with Crippen molar-refractivity contribution >= 4 is 16.7 Å². The molecular formula is C21H23FN4O2. The number of phenolic OH excluding ortho intramolecular Hbond substituents is 1. The summed E-state index contributed by atoms with van der Waals surface area (Å²) in [6, 6.07) is 11.2. The number of para-hydroxylation sites is 1. The van der Waals surface area contributed by atoms with Gasteiger partial charge in [0.2, 0.25) is 0 Å². The Morgan fingerprint density at radius 3 is 2.71 bits per heavy atom. The molecule has 6 nitrogen and oxygen atoms in total. The van der Waals surface area contributed by atoms with E-state index in [-0.39, 0.29) is 29.1 Å². The highest BCUT2D eigenvalue weighted by atomic mass is 19.1. The molecule has 0 radical (unpaired) electrons. The number of nitrogens with one attached hydrogen (secondary N) is 2. The van der Waals surface area contributed by atoms with Gasteiger partial charge in [-0.3, -0.25) is 0 Å². The maximum atomic E-state index is 13.7. The number of rotatable bonds is 4. The third-order valence-electron chi connectivity index (χ3n) is 5.25. The van der Waals surface area contributed by atoms with E-state index in [1.807, 2.05) is 24.3 Å². The van der Waals surface area contributed by atoms with Crippen molar-refractivity contribution in [2.45, 2.75) is 25.5 Å². The number of fused-ring (bicyclic) bond motifs is 1. The van der Waals surface area contributed by atoms with Gasteiger partial charge in [-0.05, 0) is 44.2 Å². The first-order chi connectivity index (χ1) is 13.3. The molecule has 4 rings (SSSR count). The maximum absolute atomic E-state index is 13.7. The van der Waals surface area contributed by atoms with Gasteiger partial charge in [0.25, 0.3) is 0 Å². The van der Waals surface area contributed by atoms with Gasteiger partial charge in [0, 0.05) is 30.4 Å². The molecular weight excluding hydrogens is 359 g/mol. The van der Waals surface area contributed by atoms with E-state index in [9.17, 15) is 14.6 Å². The highest BCUT2D eigenvalue weighted by Crippen LogP contribution is 2.32. The average molecular weight is 382 g/mol. The van der Waals surface area contributed by atoms with Crippen molar-refractivity contribution in [2.75, 3.05) is 18.4 Å². The van der Waals surface area contributed by atoms with Gasteiger partial charge in [-0.1, -0.05) is 12.1 Å². The minimum atomic E-state index is -0.854. The lowest BCUT2D eigenvalue weighted by atomic mass is 9.87. The smallest absolute Gasteiger partial charge is 0.165 e. The number of anilines is 1. The van der Waals surface area contributed by atoms with E-state index in [1.165, 1.54) is 18.2 Å². The fourth-order valence-corrected chi connectivity index (χ4v) is 3.74. The van der Waals surface area contributed by atoms with Crippen molar-refractivity contribution in [3.05, 3.63) is 48.3 Å². The summed E-state index contributed by atoms with van der Waals surface area (Å²) in [5, 5.41) is 28.2. The van der Waals surface area contributed by atoms with E-state index in [1.54, 1.807) is 13.8 Å². The number of hydrogen-bond acceptors (Lipinski definition) is 6. The molecule has 2 aromatic carbocycles. The van der Waals surface area contributed by atoms with Crippen molar-refractivity contribution in [3.63, 3.8) is 0 Å². The molecule has 4 N–H and O–H groups in total. The molecule has 0 aliphatic carbocycles. The molecule has 146 valence electrons. The zero-order chi connectivity index (χ0) is 19.9. The SMILES string of the molecule is CC(C)(O)[C@H]1CNC[C@@H]1Nc1nc(-c2cc(F)ccc2O)nc2ccccc12. The van der Waals surface area contributed by atoms with Crippen LogP contribution in [0.2, 0.25) is 0 Å². The van der Waals surface area contributed by atoms with E-state index in [2.05, 4.69) is 20.6 Å². The van der Waals surface area contributed by atoms with Crippen LogP contribution >= 0.6 is 0 Å². The molecule has 1 aliphatic heterocycles. The lowest BCUT2D eigenvalue weighted by Gasteiger charge is -2.31. The van der Waals surface area contributed by atoms with Gasteiger partial charge in [-0.25, -0.2) is 14.4 Å². The van der Waals surface area contributed by atoms with Crippen molar-refractivity contribution in [1.29, 1.82) is 0 Å². The number of benzene rings is 2. The molecule has 2 heterocycles. The fraction of sp³-hybridized carbons (Fsp3) is 0.333. The highest BCUT2D eigenvalue weighted by molar-refractivity contribution is 5.91. The predicted octanol–water partition coefficient (Wildman–Crippen LogP) is 2.91. The van der Waals surface area contributed by atoms with Crippen LogP contribution in [0.5, 0.6) is 5.75 Å². The Morgan fingerprint density at radius 1 is 1.14 bits per heavy atom. The Morgan fingerprint density at radius 2 is 1.93 bits per heavy atom. The standard InChI is InChI=1S/C21H23FN4O2/c1-21(2,28)15-10-23-11-17(15)25-19-13-5-3-4-6-16(13)24-20(26-19)14-9-12(22)7-8-18(14)27/h3-9,15,17,23,27-28H,10-11H2,1-2H3,(H,24,25,26)/t15-,17-/m0/s1. The summed E-state index contributed by atoms with van der Waals surface area (Å²) >= 11 is 0. The number of halogens is 1. The summed E-state index contributed by atoms with van der Waals surface area (Å²) in [5.74, 6) is 0.268. The molecule has 0 spiro atoms. The molecule has 1 aliphatic rings. The van der Waals surface area contributed by atoms with Crippen molar-refractivity contribution in [3.8, 4) is 17.1 Å². The summed E-state index contributed by atoms with van der Waals surface area (Å²) < 4.78 is 13.7. The maximum Gasteiger partial charge on any atom is 0.165 e. The lowest BCUT2D eigenvalue weighted by Crippen LogP contribution is -2.42. The van der Waals surface area contributed by atoms with Crippen LogP contribution in [0.3, 0.4) is 0 Å². The zero-order valence-corrected chi connectivity index (χ0v) is 15.8. The number of hydrogen-bond donors (Lipinski definition) is 4. The molecule has 0 bridgehead atoms. The van der Waals surface area contributed by atoms with E-state index in [4.69, 9.17) is 0 Å². The average Bonchev–Trinajstić information content (AvgIpc) is 3.12.